The lowest BCUT2D eigenvalue weighted by molar-refractivity contribution is -0.150. The number of carbonyl (C=O) groups excluding carboxylic acids is 1. The molecule has 0 saturated heterocycles. The second kappa shape index (κ2) is 4.56. The van der Waals surface area contributed by atoms with Crippen LogP contribution in [-0.2, 0) is 9.53 Å². The smallest absolute Gasteiger partial charge is 0.322 e. The summed E-state index contributed by atoms with van der Waals surface area (Å²) >= 11 is 4.39. The molecule has 0 bridgehead atoms. The zero-order valence-corrected chi connectivity index (χ0v) is 10.9. The second-order valence-electron chi connectivity index (χ2n) is 5.31. The SMILES string of the molecule is CC(C)COC(=O)C(C)(S)C(C)(C)C. The Morgan fingerprint density at radius 1 is 1.29 bits per heavy atom. The fourth-order valence-electron chi connectivity index (χ4n) is 0.689. The molecule has 0 fully saturated rings. The molecule has 0 aromatic carbocycles. The van der Waals surface area contributed by atoms with Crippen molar-refractivity contribution in [2.75, 3.05) is 6.61 Å². The molecule has 0 aliphatic carbocycles. The second-order valence-corrected chi connectivity index (χ2v) is 6.21. The molecule has 2 nitrogen and oxygen atoms in total. The lowest BCUT2D eigenvalue weighted by Crippen LogP contribution is -2.43. The molecule has 0 rings (SSSR count). The van der Waals surface area contributed by atoms with Gasteiger partial charge in [0.15, 0.2) is 0 Å². The Balaban J connectivity index is 4.38. The molecular formula is C11H22O2S. The van der Waals surface area contributed by atoms with Gasteiger partial charge in [0.25, 0.3) is 0 Å². The maximum atomic E-state index is 11.7. The predicted octanol–water partition coefficient (Wildman–Crippen LogP) is 2.92. The molecule has 0 spiro atoms. The Labute approximate surface area is 92.8 Å². The highest BCUT2D eigenvalue weighted by Crippen LogP contribution is 2.36. The van der Waals surface area contributed by atoms with E-state index in [0.717, 1.165) is 0 Å². The van der Waals surface area contributed by atoms with Crippen LogP contribution in [0, 0.1) is 11.3 Å². The molecule has 1 unspecified atom stereocenters. The predicted molar refractivity (Wildman–Crippen MR) is 62.6 cm³/mol. The van der Waals surface area contributed by atoms with Gasteiger partial charge in [0.1, 0.15) is 4.75 Å². The van der Waals surface area contributed by atoms with Crippen molar-refractivity contribution in [3.63, 3.8) is 0 Å². The fourth-order valence-corrected chi connectivity index (χ4v) is 0.754. The molecule has 0 amide bonds. The lowest BCUT2D eigenvalue weighted by Gasteiger charge is -2.35. The molecule has 0 N–H and O–H groups in total. The van der Waals surface area contributed by atoms with Gasteiger partial charge in [-0.2, -0.15) is 12.6 Å². The Morgan fingerprint density at radius 3 is 2.00 bits per heavy atom. The standard InChI is InChI=1S/C11H22O2S/c1-8(2)7-13-9(12)11(6,14)10(3,4)5/h8,14H,7H2,1-6H3. The van der Waals surface area contributed by atoms with Crippen molar-refractivity contribution in [2.45, 2.75) is 46.3 Å². The van der Waals surface area contributed by atoms with Gasteiger partial charge in [0.05, 0.1) is 6.61 Å². The number of rotatable bonds is 3. The van der Waals surface area contributed by atoms with Crippen molar-refractivity contribution in [2.24, 2.45) is 11.3 Å². The summed E-state index contributed by atoms with van der Waals surface area (Å²) in [6.45, 7) is 12.2. The van der Waals surface area contributed by atoms with Gasteiger partial charge < -0.3 is 4.74 Å². The molecule has 0 heterocycles. The van der Waals surface area contributed by atoms with Crippen molar-refractivity contribution >= 4 is 18.6 Å². The van der Waals surface area contributed by atoms with Crippen molar-refractivity contribution in [3.05, 3.63) is 0 Å². The number of hydrogen-bond donors (Lipinski definition) is 1. The topological polar surface area (TPSA) is 26.3 Å². The molecule has 0 aliphatic heterocycles. The number of carbonyl (C=O) groups is 1. The monoisotopic (exact) mass is 218 g/mol. The molecule has 0 saturated carbocycles. The molecule has 14 heavy (non-hydrogen) atoms. The van der Waals surface area contributed by atoms with E-state index in [-0.39, 0.29) is 11.4 Å². The molecule has 3 heteroatoms. The largest absolute Gasteiger partial charge is 0.464 e. The van der Waals surface area contributed by atoms with Gasteiger partial charge in [-0.15, -0.1) is 0 Å². The summed E-state index contributed by atoms with van der Waals surface area (Å²) in [7, 11) is 0. The third-order valence-corrected chi connectivity index (χ3v) is 3.26. The Morgan fingerprint density at radius 2 is 1.71 bits per heavy atom. The highest BCUT2D eigenvalue weighted by Gasteiger charge is 2.42. The van der Waals surface area contributed by atoms with Crippen LogP contribution >= 0.6 is 12.6 Å². The van der Waals surface area contributed by atoms with E-state index in [1.54, 1.807) is 6.92 Å². The molecule has 0 radical (unpaired) electrons. The van der Waals surface area contributed by atoms with E-state index in [1.807, 2.05) is 34.6 Å². The summed E-state index contributed by atoms with van der Waals surface area (Å²) in [6.07, 6.45) is 0. The van der Waals surface area contributed by atoms with Crippen LogP contribution in [0.25, 0.3) is 0 Å². The molecule has 0 aliphatic rings. The third-order valence-electron chi connectivity index (χ3n) is 2.41. The van der Waals surface area contributed by atoms with Gasteiger partial charge in [0.2, 0.25) is 0 Å². The minimum absolute atomic E-state index is 0.204. The van der Waals surface area contributed by atoms with Crippen LogP contribution in [0.15, 0.2) is 0 Å². The van der Waals surface area contributed by atoms with Crippen LogP contribution in [0.3, 0.4) is 0 Å². The third kappa shape index (κ3) is 3.52. The first-order chi connectivity index (χ1) is 6.09. The summed E-state index contributed by atoms with van der Waals surface area (Å²) in [4.78, 5) is 11.7. The van der Waals surface area contributed by atoms with Crippen molar-refractivity contribution in [1.82, 2.24) is 0 Å². The van der Waals surface area contributed by atoms with Crippen molar-refractivity contribution in [1.29, 1.82) is 0 Å². The van der Waals surface area contributed by atoms with Crippen LogP contribution in [0.1, 0.15) is 41.5 Å². The maximum Gasteiger partial charge on any atom is 0.322 e. The minimum Gasteiger partial charge on any atom is -0.464 e. The zero-order valence-electron chi connectivity index (χ0n) is 10.0. The summed E-state index contributed by atoms with van der Waals surface area (Å²) in [5, 5.41) is 0. The van der Waals surface area contributed by atoms with E-state index in [4.69, 9.17) is 4.74 Å². The zero-order chi connectivity index (χ0) is 11.6. The lowest BCUT2D eigenvalue weighted by atomic mass is 9.81. The average Bonchev–Trinajstić information content (AvgIpc) is 1.97. The summed E-state index contributed by atoms with van der Waals surface area (Å²) < 4.78 is 4.45. The fraction of sp³-hybridized carbons (Fsp3) is 0.909. The van der Waals surface area contributed by atoms with E-state index < -0.39 is 4.75 Å². The molecule has 0 aromatic heterocycles. The highest BCUT2D eigenvalue weighted by atomic mass is 32.1. The van der Waals surface area contributed by atoms with Gasteiger partial charge in [0, 0.05) is 0 Å². The molecule has 1 atom stereocenters. The Bertz CT molecular complexity index is 202. The van der Waals surface area contributed by atoms with E-state index in [9.17, 15) is 4.79 Å². The van der Waals surface area contributed by atoms with Gasteiger partial charge in [-0.25, -0.2) is 0 Å². The number of thiol groups is 1. The maximum absolute atomic E-state index is 11.7. The van der Waals surface area contributed by atoms with Gasteiger partial charge in [-0.05, 0) is 18.3 Å². The number of esters is 1. The number of ether oxygens (including phenoxy) is 1. The molecular weight excluding hydrogens is 196 g/mol. The van der Waals surface area contributed by atoms with Crippen molar-refractivity contribution in [3.8, 4) is 0 Å². The van der Waals surface area contributed by atoms with Crippen LogP contribution in [0.5, 0.6) is 0 Å². The van der Waals surface area contributed by atoms with Crippen LogP contribution in [0.4, 0.5) is 0 Å². The summed E-state index contributed by atoms with van der Waals surface area (Å²) in [6, 6.07) is 0. The molecule has 84 valence electrons. The van der Waals surface area contributed by atoms with E-state index in [1.165, 1.54) is 0 Å². The summed E-state index contributed by atoms with van der Waals surface area (Å²) in [5.74, 6) is 0.130. The first-order valence-electron chi connectivity index (χ1n) is 4.98. The normalized spacial score (nSPS) is 16.6. The number of hydrogen-bond acceptors (Lipinski definition) is 3. The highest BCUT2D eigenvalue weighted by molar-refractivity contribution is 7.82. The first kappa shape index (κ1) is 13.8. The van der Waals surface area contributed by atoms with E-state index >= 15 is 0 Å². The van der Waals surface area contributed by atoms with Gasteiger partial charge in [-0.3, -0.25) is 4.79 Å². The minimum atomic E-state index is -0.734. The average molecular weight is 218 g/mol. The van der Waals surface area contributed by atoms with Gasteiger partial charge in [-0.1, -0.05) is 34.6 Å². The van der Waals surface area contributed by atoms with Crippen LogP contribution < -0.4 is 0 Å². The first-order valence-corrected chi connectivity index (χ1v) is 5.43. The van der Waals surface area contributed by atoms with E-state index in [0.29, 0.717) is 12.5 Å². The van der Waals surface area contributed by atoms with Gasteiger partial charge >= 0.3 is 5.97 Å². The Hall–Kier alpha value is -0.180. The van der Waals surface area contributed by atoms with Crippen LogP contribution in [0.2, 0.25) is 0 Å². The quantitative estimate of drug-likeness (QED) is 0.582. The van der Waals surface area contributed by atoms with Crippen LogP contribution in [-0.4, -0.2) is 17.3 Å². The summed E-state index contributed by atoms with van der Waals surface area (Å²) in [5.41, 5.74) is -0.204. The Kier molecular flexibility index (Phi) is 4.50. The molecule has 0 aromatic rings. The van der Waals surface area contributed by atoms with Crippen molar-refractivity contribution < 1.29 is 9.53 Å². The van der Waals surface area contributed by atoms with E-state index in [2.05, 4.69) is 12.6 Å².